The summed E-state index contributed by atoms with van der Waals surface area (Å²) in [6, 6.07) is -0.606. The van der Waals surface area contributed by atoms with Crippen molar-refractivity contribution in [3.05, 3.63) is 0 Å². The largest absolute Gasteiger partial charge is 0.390 e. The van der Waals surface area contributed by atoms with Gasteiger partial charge in [-0.1, -0.05) is 0 Å². The molecule has 0 aromatic carbocycles. The Kier molecular flexibility index (Phi) is 1.74. The molecule has 1 fully saturated rings. The Labute approximate surface area is 60.0 Å². The lowest BCUT2D eigenvalue weighted by Crippen LogP contribution is -2.37. The first-order valence-corrected chi connectivity index (χ1v) is 4.82. The van der Waals surface area contributed by atoms with Gasteiger partial charge in [0.25, 0.3) is 0 Å². The fraction of sp³-hybridized carbons (Fsp3) is 1.00. The fourth-order valence-electron chi connectivity index (χ4n) is 1.05. The molecule has 1 saturated heterocycles. The third-order valence-corrected chi connectivity index (χ3v) is 4.21. The van der Waals surface area contributed by atoms with Crippen molar-refractivity contribution in [2.45, 2.75) is 24.3 Å². The van der Waals surface area contributed by atoms with Crippen LogP contribution in [0.25, 0.3) is 0 Å². The number of nitrogens with two attached hydrogens (primary N) is 1. The van der Waals surface area contributed by atoms with E-state index < -0.39 is 27.2 Å². The average Bonchev–Trinajstić information content (AvgIpc) is 1.95. The van der Waals surface area contributed by atoms with Crippen LogP contribution in [-0.4, -0.2) is 36.7 Å². The molecular formula is C5H11NO3S. The van der Waals surface area contributed by atoms with Gasteiger partial charge in [-0.25, -0.2) is 8.42 Å². The monoisotopic (exact) mass is 165 g/mol. The Hall–Kier alpha value is -0.130. The number of aliphatic hydroxyl groups is 1. The quantitative estimate of drug-likeness (QED) is 0.457. The molecule has 1 rings (SSSR count). The van der Waals surface area contributed by atoms with Crippen LogP contribution >= 0.6 is 0 Å². The number of rotatable bonds is 0. The maximum atomic E-state index is 10.9. The van der Waals surface area contributed by atoms with Crippen molar-refractivity contribution in [3.63, 3.8) is 0 Å². The van der Waals surface area contributed by atoms with E-state index in [9.17, 15) is 8.42 Å². The van der Waals surface area contributed by atoms with Crippen LogP contribution in [0.15, 0.2) is 0 Å². The first-order valence-electron chi connectivity index (χ1n) is 3.10. The molecule has 3 unspecified atom stereocenters. The second kappa shape index (κ2) is 2.18. The third-order valence-electron chi connectivity index (χ3n) is 1.96. The molecule has 60 valence electrons. The van der Waals surface area contributed by atoms with Gasteiger partial charge in [0, 0.05) is 6.04 Å². The molecule has 0 saturated carbocycles. The summed E-state index contributed by atoms with van der Waals surface area (Å²) in [5.41, 5.74) is 5.37. The molecule has 0 spiro atoms. The number of sulfone groups is 1. The smallest absolute Gasteiger partial charge is 0.157 e. The molecule has 5 heteroatoms. The number of hydrogen-bond acceptors (Lipinski definition) is 4. The molecule has 0 radical (unpaired) electrons. The molecule has 0 aromatic rings. The zero-order chi connectivity index (χ0) is 7.94. The lowest BCUT2D eigenvalue weighted by molar-refractivity contribution is 0.176. The van der Waals surface area contributed by atoms with Crippen LogP contribution in [0.5, 0.6) is 0 Å². The van der Waals surface area contributed by atoms with Crippen molar-refractivity contribution in [2.24, 2.45) is 5.73 Å². The standard InChI is InChI=1S/C5H11NO3S/c1-3-5(6)4(7)2-10(3,8)9/h3-5,7H,2,6H2,1H3. The number of hydrogen-bond donors (Lipinski definition) is 2. The van der Waals surface area contributed by atoms with Crippen LogP contribution in [0.2, 0.25) is 0 Å². The van der Waals surface area contributed by atoms with E-state index in [-0.39, 0.29) is 5.75 Å². The first-order chi connectivity index (χ1) is 4.45. The lowest BCUT2D eigenvalue weighted by Gasteiger charge is -2.09. The summed E-state index contributed by atoms with van der Waals surface area (Å²) >= 11 is 0. The highest BCUT2D eigenvalue weighted by molar-refractivity contribution is 7.92. The van der Waals surface area contributed by atoms with Crippen molar-refractivity contribution in [2.75, 3.05) is 5.75 Å². The van der Waals surface area contributed by atoms with Crippen molar-refractivity contribution in [3.8, 4) is 0 Å². The molecule has 3 N–H and O–H groups in total. The fourth-order valence-corrected chi connectivity index (χ4v) is 2.72. The van der Waals surface area contributed by atoms with Crippen molar-refractivity contribution in [1.29, 1.82) is 0 Å². The summed E-state index contributed by atoms with van der Waals surface area (Å²) < 4.78 is 21.9. The van der Waals surface area contributed by atoms with Gasteiger partial charge >= 0.3 is 0 Å². The summed E-state index contributed by atoms with van der Waals surface area (Å²) in [7, 11) is -3.10. The number of aliphatic hydroxyl groups excluding tert-OH is 1. The Morgan fingerprint density at radius 2 is 2.10 bits per heavy atom. The van der Waals surface area contributed by atoms with E-state index in [2.05, 4.69) is 0 Å². The third kappa shape index (κ3) is 1.04. The van der Waals surface area contributed by atoms with Gasteiger partial charge in [-0.3, -0.25) is 0 Å². The van der Waals surface area contributed by atoms with Crippen LogP contribution in [0.1, 0.15) is 6.92 Å². The van der Waals surface area contributed by atoms with E-state index in [0.29, 0.717) is 0 Å². The van der Waals surface area contributed by atoms with E-state index in [4.69, 9.17) is 10.8 Å². The molecule has 0 bridgehead atoms. The topological polar surface area (TPSA) is 80.4 Å². The summed E-state index contributed by atoms with van der Waals surface area (Å²) in [6.45, 7) is 1.52. The highest BCUT2D eigenvalue weighted by Gasteiger charge is 2.41. The van der Waals surface area contributed by atoms with Crippen molar-refractivity contribution in [1.82, 2.24) is 0 Å². The van der Waals surface area contributed by atoms with Crippen LogP contribution in [-0.2, 0) is 9.84 Å². The van der Waals surface area contributed by atoms with Crippen LogP contribution in [0, 0.1) is 0 Å². The Morgan fingerprint density at radius 1 is 1.60 bits per heavy atom. The molecule has 1 aliphatic rings. The van der Waals surface area contributed by atoms with E-state index in [0.717, 1.165) is 0 Å². The van der Waals surface area contributed by atoms with Gasteiger partial charge in [0.1, 0.15) is 0 Å². The molecule has 3 atom stereocenters. The van der Waals surface area contributed by atoms with Gasteiger partial charge < -0.3 is 10.8 Å². The van der Waals surface area contributed by atoms with Crippen LogP contribution < -0.4 is 5.73 Å². The second-order valence-electron chi connectivity index (χ2n) is 2.68. The minimum Gasteiger partial charge on any atom is -0.390 e. The molecular weight excluding hydrogens is 154 g/mol. The van der Waals surface area contributed by atoms with Gasteiger partial charge in [-0.15, -0.1) is 0 Å². The van der Waals surface area contributed by atoms with Gasteiger partial charge in [0.05, 0.1) is 17.1 Å². The molecule has 4 nitrogen and oxygen atoms in total. The van der Waals surface area contributed by atoms with Gasteiger partial charge in [0.15, 0.2) is 9.84 Å². The molecule has 0 amide bonds. The highest BCUT2D eigenvalue weighted by atomic mass is 32.2. The van der Waals surface area contributed by atoms with Crippen LogP contribution in [0.4, 0.5) is 0 Å². The van der Waals surface area contributed by atoms with Gasteiger partial charge in [0.2, 0.25) is 0 Å². The van der Waals surface area contributed by atoms with Crippen molar-refractivity contribution < 1.29 is 13.5 Å². The van der Waals surface area contributed by atoms with E-state index >= 15 is 0 Å². The van der Waals surface area contributed by atoms with E-state index in [1.165, 1.54) is 6.92 Å². The summed E-state index contributed by atoms with van der Waals surface area (Å²) in [6.07, 6.45) is -0.875. The first kappa shape index (κ1) is 7.97. The molecule has 0 aliphatic carbocycles. The molecule has 1 heterocycles. The highest BCUT2D eigenvalue weighted by Crippen LogP contribution is 2.18. The maximum Gasteiger partial charge on any atom is 0.157 e. The maximum absolute atomic E-state index is 10.9. The minimum atomic E-state index is -3.10. The minimum absolute atomic E-state index is 0.185. The normalized spacial score (nSPS) is 45.7. The van der Waals surface area contributed by atoms with Crippen LogP contribution in [0.3, 0.4) is 0 Å². The van der Waals surface area contributed by atoms with Gasteiger partial charge in [-0.2, -0.15) is 0 Å². The summed E-state index contributed by atoms with van der Waals surface area (Å²) in [4.78, 5) is 0. The summed E-state index contributed by atoms with van der Waals surface area (Å²) in [5.74, 6) is -0.185. The molecule has 1 aliphatic heterocycles. The molecule has 10 heavy (non-hydrogen) atoms. The molecule has 0 aromatic heterocycles. The zero-order valence-electron chi connectivity index (χ0n) is 5.69. The van der Waals surface area contributed by atoms with E-state index in [1.807, 2.05) is 0 Å². The SMILES string of the molecule is CC1C(N)C(O)CS1(=O)=O. The predicted molar refractivity (Wildman–Crippen MR) is 37.2 cm³/mol. The average molecular weight is 165 g/mol. The van der Waals surface area contributed by atoms with E-state index in [1.54, 1.807) is 0 Å². The second-order valence-corrected chi connectivity index (χ2v) is 5.08. The van der Waals surface area contributed by atoms with Crippen molar-refractivity contribution >= 4 is 9.84 Å². The Morgan fingerprint density at radius 3 is 2.20 bits per heavy atom. The van der Waals surface area contributed by atoms with Gasteiger partial charge in [-0.05, 0) is 6.92 Å². The Balaban J connectivity index is 2.93. The zero-order valence-corrected chi connectivity index (χ0v) is 6.50. The lowest BCUT2D eigenvalue weighted by atomic mass is 10.1. The summed E-state index contributed by atoms with van der Waals surface area (Å²) in [5, 5.41) is 8.40. The Bertz CT molecular complexity index is 223. The predicted octanol–water partition coefficient (Wildman–Crippen LogP) is -1.51.